The summed E-state index contributed by atoms with van der Waals surface area (Å²) < 4.78 is 14.0. The van der Waals surface area contributed by atoms with Gasteiger partial charge < -0.3 is 5.73 Å². The lowest BCUT2D eigenvalue weighted by atomic mass is 9.99. The molecule has 1 aromatic carbocycles. The van der Waals surface area contributed by atoms with E-state index in [9.17, 15) is 4.39 Å². The summed E-state index contributed by atoms with van der Waals surface area (Å²) in [6, 6.07) is 5.15. The smallest absolute Gasteiger partial charge is 0.138 e. The maximum Gasteiger partial charge on any atom is 0.138 e. The maximum absolute atomic E-state index is 13.5. The quantitative estimate of drug-likeness (QED) is 0.858. The van der Waals surface area contributed by atoms with Gasteiger partial charge in [-0.1, -0.05) is 6.07 Å². The van der Waals surface area contributed by atoms with Gasteiger partial charge in [-0.2, -0.15) is 0 Å². The molecule has 18 heavy (non-hydrogen) atoms. The Kier molecular flexibility index (Phi) is 3.21. The zero-order valence-corrected chi connectivity index (χ0v) is 12.0. The topological polar surface area (TPSA) is 38.9 Å². The van der Waals surface area contributed by atoms with Gasteiger partial charge in [-0.05, 0) is 47.3 Å². The average molecular weight is 327 g/mol. The number of fused-ring (bicyclic) bond motifs is 1. The fourth-order valence-electron chi connectivity index (χ4n) is 2.20. The molecule has 0 bridgehead atoms. The molecule has 0 radical (unpaired) electrons. The van der Waals surface area contributed by atoms with Crippen molar-refractivity contribution < 1.29 is 4.39 Å². The molecule has 0 saturated heterocycles. The Labute approximate surface area is 117 Å². The Morgan fingerprint density at radius 1 is 1.44 bits per heavy atom. The van der Waals surface area contributed by atoms with Crippen molar-refractivity contribution in [2.45, 2.75) is 25.3 Å². The Balaban J connectivity index is 2.04. The predicted molar refractivity (Wildman–Crippen MR) is 75.1 cm³/mol. The zero-order valence-electron chi connectivity index (χ0n) is 9.62. The van der Waals surface area contributed by atoms with Crippen molar-refractivity contribution in [3.05, 3.63) is 39.1 Å². The van der Waals surface area contributed by atoms with Crippen molar-refractivity contribution in [2.24, 2.45) is 5.73 Å². The average Bonchev–Trinajstić information content (AvgIpc) is 2.78. The van der Waals surface area contributed by atoms with E-state index in [4.69, 9.17) is 5.73 Å². The number of nitrogens with two attached hydrogens (primary N) is 1. The number of nitrogens with zero attached hydrogens (tertiary/aromatic N) is 1. The highest BCUT2D eigenvalue weighted by Crippen LogP contribution is 2.36. The van der Waals surface area contributed by atoms with Crippen LogP contribution in [0.3, 0.4) is 0 Å². The molecule has 0 amide bonds. The molecule has 0 saturated carbocycles. The molecule has 1 aromatic heterocycles. The second-order valence-corrected chi connectivity index (χ2v) is 6.39. The van der Waals surface area contributed by atoms with E-state index in [-0.39, 0.29) is 11.9 Å². The molecule has 3 rings (SSSR count). The summed E-state index contributed by atoms with van der Waals surface area (Å²) >= 11 is 4.79. The Bertz CT molecular complexity index is 597. The van der Waals surface area contributed by atoms with Crippen LogP contribution in [0.4, 0.5) is 4.39 Å². The molecular weight excluding hydrogens is 315 g/mol. The van der Waals surface area contributed by atoms with Crippen molar-refractivity contribution in [3.8, 4) is 10.6 Å². The Morgan fingerprint density at radius 2 is 2.28 bits per heavy atom. The molecule has 1 aliphatic carbocycles. The molecule has 0 fully saturated rings. The third-order valence-corrected chi connectivity index (χ3v) is 4.99. The summed E-state index contributed by atoms with van der Waals surface area (Å²) in [5, 5.41) is 0.865. The fourth-order valence-corrected chi connectivity index (χ4v) is 3.62. The van der Waals surface area contributed by atoms with E-state index in [1.54, 1.807) is 17.4 Å². The molecule has 1 aliphatic rings. The van der Waals surface area contributed by atoms with Crippen LogP contribution in [0.15, 0.2) is 22.7 Å². The van der Waals surface area contributed by atoms with E-state index >= 15 is 0 Å². The first-order chi connectivity index (χ1) is 8.65. The van der Waals surface area contributed by atoms with Crippen molar-refractivity contribution >= 4 is 27.3 Å². The molecule has 2 N–H and O–H groups in total. The van der Waals surface area contributed by atoms with E-state index in [0.29, 0.717) is 4.47 Å². The van der Waals surface area contributed by atoms with Crippen LogP contribution < -0.4 is 5.73 Å². The molecule has 0 spiro atoms. The number of benzene rings is 1. The van der Waals surface area contributed by atoms with Crippen molar-refractivity contribution in [1.29, 1.82) is 0 Å². The van der Waals surface area contributed by atoms with E-state index in [1.165, 1.54) is 10.9 Å². The minimum atomic E-state index is -0.259. The van der Waals surface area contributed by atoms with Crippen LogP contribution in [0.5, 0.6) is 0 Å². The predicted octanol–water partition coefficient (Wildman–Crippen LogP) is 4.05. The Hall–Kier alpha value is -0.780. The number of rotatable bonds is 1. The van der Waals surface area contributed by atoms with E-state index in [0.717, 1.165) is 35.5 Å². The first-order valence-corrected chi connectivity index (χ1v) is 7.46. The van der Waals surface area contributed by atoms with Gasteiger partial charge in [0.1, 0.15) is 10.8 Å². The Morgan fingerprint density at radius 3 is 3.00 bits per heavy atom. The van der Waals surface area contributed by atoms with Gasteiger partial charge in [-0.3, -0.25) is 0 Å². The summed E-state index contributed by atoms with van der Waals surface area (Å²) in [5.41, 5.74) is 7.88. The molecule has 2 nitrogen and oxygen atoms in total. The normalized spacial score (nSPS) is 18.7. The summed E-state index contributed by atoms with van der Waals surface area (Å²) in [5.74, 6) is -0.259. The van der Waals surface area contributed by atoms with Gasteiger partial charge >= 0.3 is 0 Å². The molecule has 1 unspecified atom stereocenters. The largest absolute Gasteiger partial charge is 0.323 e. The summed E-state index contributed by atoms with van der Waals surface area (Å²) in [6.45, 7) is 0. The number of halogens is 2. The highest BCUT2D eigenvalue weighted by atomic mass is 79.9. The summed E-state index contributed by atoms with van der Waals surface area (Å²) in [4.78, 5) is 5.84. The zero-order chi connectivity index (χ0) is 12.7. The third kappa shape index (κ3) is 2.11. The van der Waals surface area contributed by atoms with Gasteiger partial charge in [0.05, 0.1) is 10.2 Å². The van der Waals surface area contributed by atoms with E-state index in [1.807, 2.05) is 6.07 Å². The van der Waals surface area contributed by atoms with Crippen LogP contribution in [-0.4, -0.2) is 4.98 Å². The van der Waals surface area contributed by atoms with Gasteiger partial charge in [-0.25, -0.2) is 9.37 Å². The molecular formula is C13H12BrFN2S. The molecule has 2 aromatic rings. The van der Waals surface area contributed by atoms with E-state index < -0.39 is 0 Å². The van der Waals surface area contributed by atoms with Crippen LogP contribution >= 0.6 is 27.3 Å². The fraction of sp³-hybridized carbons (Fsp3) is 0.308. The monoisotopic (exact) mass is 326 g/mol. The first kappa shape index (κ1) is 12.3. The third-order valence-electron chi connectivity index (χ3n) is 3.16. The van der Waals surface area contributed by atoms with Gasteiger partial charge in [0.15, 0.2) is 0 Å². The van der Waals surface area contributed by atoms with Crippen LogP contribution in [0.2, 0.25) is 0 Å². The van der Waals surface area contributed by atoms with Gasteiger partial charge in [0, 0.05) is 16.5 Å². The van der Waals surface area contributed by atoms with Gasteiger partial charge in [0.25, 0.3) is 0 Å². The lowest BCUT2D eigenvalue weighted by Gasteiger charge is -2.15. The van der Waals surface area contributed by atoms with Gasteiger partial charge in [-0.15, -0.1) is 11.3 Å². The van der Waals surface area contributed by atoms with Crippen molar-refractivity contribution in [1.82, 2.24) is 4.98 Å². The molecule has 1 heterocycles. The SMILES string of the molecule is NC1CCCc2sc(-c3ccc(Br)c(F)c3)nc21. The maximum atomic E-state index is 13.5. The summed E-state index contributed by atoms with van der Waals surface area (Å²) in [7, 11) is 0. The minimum Gasteiger partial charge on any atom is -0.323 e. The number of hydrogen-bond acceptors (Lipinski definition) is 3. The second-order valence-electron chi connectivity index (χ2n) is 4.46. The number of thiazole rings is 1. The number of hydrogen-bond donors (Lipinski definition) is 1. The highest BCUT2D eigenvalue weighted by molar-refractivity contribution is 9.10. The summed E-state index contributed by atoms with van der Waals surface area (Å²) in [6.07, 6.45) is 3.15. The lowest BCUT2D eigenvalue weighted by Crippen LogP contribution is -2.16. The number of aryl methyl sites for hydroxylation is 1. The highest BCUT2D eigenvalue weighted by Gasteiger charge is 2.22. The van der Waals surface area contributed by atoms with Crippen LogP contribution in [0.1, 0.15) is 29.5 Å². The van der Waals surface area contributed by atoms with Crippen molar-refractivity contribution in [3.63, 3.8) is 0 Å². The number of aromatic nitrogens is 1. The van der Waals surface area contributed by atoms with Crippen molar-refractivity contribution in [2.75, 3.05) is 0 Å². The van der Waals surface area contributed by atoms with E-state index in [2.05, 4.69) is 20.9 Å². The molecule has 94 valence electrons. The first-order valence-electron chi connectivity index (χ1n) is 5.86. The van der Waals surface area contributed by atoms with Gasteiger partial charge in [0.2, 0.25) is 0 Å². The molecule has 0 aliphatic heterocycles. The molecule has 5 heteroatoms. The lowest BCUT2D eigenvalue weighted by molar-refractivity contribution is 0.564. The standard InChI is InChI=1S/C13H12BrFN2S/c14-8-5-4-7(6-9(8)15)13-17-12-10(16)2-1-3-11(12)18-13/h4-6,10H,1-3,16H2. The minimum absolute atomic E-state index is 0.0408. The van der Waals surface area contributed by atoms with Crippen LogP contribution in [0.25, 0.3) is 10.6 Å². The van der Waals surface area contributed by atoms with Crippen LogP contribution in [-0.2, 0) is 6.42 Å². The molecule has 1 atom stereocenters. The second kappa shape index (κ2) is 4.72. The van der Waals surface area contributed by atoms with Crippen LogP contribution in [0, 0.1) is 5.82 Å².